The van der Waals surface area contributed by atoms with E-state index in [1.807, 2.05) is 44.2 Å². The summed E-state index contributed by atoms with van der Waals surface area (Å²) in [5.41, 5.74) is 2.74. The number of benzene rings is 2. The van der Waals surface area contributed by atoms with E-state index in [1.54, 1.807) is 18.2 Å². The lowest BCUT2D eigenvalue weighted by Crippen LogP contribution is -2.41. The third-order valence-electron chi connectivity index (χ3n) is 5.93. The predicted octanol–water partition coefficient (Wildman–Crippen LogP) is 4.22. The molecule has 0 spiro atoms. The Morgan fingerprint density at radius 1 is 1.15 bits per heavy atom. The lowest BCUT2D eigenvalue weighted by Gasteiger charge is -2.35. The lowest BCUT2D eigenvalue weighted by molar-refractivity contribution is -0.111. The molecule has 8 heteroatoms. The number of carbonyl (C=O) groups excluding carboxylic acids is 1. The fourth-order valence-corrected chi connectivity index (χ4v) is 5.35. The molecule has 1 amide bonds. The monoisotopic (exact) mass is 464 g/mol. The number of nitrogens with one attached hydrogen (secondary N) is 1. The second kappa shape index (κ2) is 8.28. The van der Waals surface area contributed by atoms with Crippen molar-refractivity contribution in [1.82, 2.24) is 4.90 Å². The van der Waals surface area contributed by atoms with Gasteiger partial charge in [0.25, 0.3) is 5.91 Å². The SMILES string of the molecule is CC1(C)OC(=C2C(=O)Nc3cc(Sc4ccccc4C(=O)O)ccc32)C=C1N1CCOCC1. The van der Waals surface area contributed by atoms with Gasteiger partial charge in [0.05, 0.1) is 35.7 Å². The number of nitrogens with zero attached hydrogens (tertiary/aromatic N) is 1. The number of carboxylic acids is 1. The van der Waals surface area contributed by atoms with Crippen molar-refractivity contribution in [3.63, 3.8) is 0 Å². The quantitative estimate of drug-likeness (QED) is 0.655. The van der Waals surface area contributed by atoms with E-state index in [0.29, 0.717) is 35.1 Å². The zero-order chi connectivity index (χ0) is 23.2. The molecule has 0 bridgehead atoms. The van der Waals surface area contributed by atoms with Gasteiger partial charge in [-0.1, -0.05) is 30.0 Å². The van der Waals surface area contributed by atoms with Crippen LogP contribution in [0.25, 0.3) is 5.57 Å². The smallest absolute Gasteiger partial charge is 0.336 e. The minimum Gasteiger partial charge on any atom is -0.481 e. The minimum atomic E-state index is -0.969. The van der Waals surface area contributed by atoms with Crippen molar-refractivity contribution < 1.29 is 24.2 Å². The molecule has 2 N–H and O–H groups in total. The Morgan fingerprint density at radius 2 is 1.91 bits per heavy atom. The van der Waals surface area contributed by atoms with E-state index in [4.69, 9.17) is 9.47 Å². The topological polar surface area (TPSA) is 88.1 Å². The Balaban J connectivity index is 1.48. The predicted molar refractivity (Wildman–Crippen MR) is 125 cm³/mol. The van der Waals surface area contributed by atoms with Crippen LogP contribution in [0.1, 0.15) is 29.8 Å². The van der Waals surface area contributed by atoms with Crippen LogP contribution in [0.2, 0.25) is 0 Å². The van der Waals surface area contributed by atoms with Gasteiger partial charge in [-0.2, -0.15) is 0 Å². The molecule has 0 aliphatic carbocycles. The fourth-order valence-electron chi connectivity index (χ4n) is 4.37. The molecule has 7 nitrogen and oxygen atoms in total. The van der Waals surface area contributed by atoms with Crippen LogP contribution < -0.4 is 5.32 Å². The van der Waals surface area contributed by atoms with Gasteiger partial charge in [-0.05, 0) is 38.1 Å². The number of carboxylic acid groups (broad SMARTS) is 1. The van der Waals surface area contributed by atoms with Gasteiger partial charge >= 0.3 is 5.97 Å². The number of ether oxygens (including phenoxy) is 2. The van der Waals surface area contributed by atoms with Gasteiger partial charge in [-0.3, -0.25) is 4.79 Å². The van der Waals surface area contributed by atoms with E-state index in [0.717, 1.165) is 29.2 Å². The molecule has 0 aromatic heterocycles. The molecule has 3 heterocycles. The highest BCUT2D eigenvalue weighted by Crippen LogP contribution is 2.43. The van der Waals surface area contributed by atoms with Gasteiger partial charge in [0, 0.05) is 34.5 Å². The lowest BCUT2D eigenvalue weighted by atomic mass is 10.0. The van der Waals surface area contributed by atoms with Gasteiger partial charge in [0.1, 0.15) is 11.4 Å². The van der Waals surface area contributed by atoms with Gasteiger partial charge < -0.3 is 24.8 Å². The number of fused-ring (bicyclic) bond motifs is 1. The van der Waals surface area contributed by atoms with Crippen LogP contribution in [-0.4, -0.2) is 53.8 Å². The maximum absolute atomic E-state index is 12.9. The van der Waals surface area contributed by atoms with Gasteiger partial charge in [-0.15, -0.1) is 0 Å². The summed E-state index contributed by atoms with van der Waals surface area (Å²) in [6.45, 7) is 6.96. The van der Waals surface area contributed by atoms with Crippen molar-refractivity contribution in [1.29, 1.82) is 0 Å². The number of morpholine rings is 1. The van der Waals surface area contributed by atoms with E-state index < -0.39 is 11.6 Å². The summed E-state index contributed by atoms with van der Waals surface area (Å²) in [5, 5.41) is 12.4. The number of rotatable bonds is 4. The highest BCUT2D eigenvalue weighted by Gasteiger charge is 2.40. The minimum absolute atomic E-state index is 0.205. The maximum Gasteiger partial charge on any atom is 0.336 e. The maximum atomic E-state index is 12.9. The average Bonchev–Trinajstić information content (AvgIpc) is 3.28. The highest BCUT2D eigenvalue weighted by atomic mass is 32.2. The Bertz CT molecular complexity index is 1210. The molecule has 1 fully saturated rings. The molecule has 5 rings (SSSR count). The van der Waals surface area contributed by atoms with Gasteiger partial charge in [0.2, 0.25) is 0 Å². The van der Waals surface area contributed by atoms with Crippen molar-refractivity contribution in [2.45, 2.75) is 29.2 Å². The van der Waals surface area contributed by atoms with E-state index in [1.165, 1.54) is 11.8 Å². The van der Waals surface area contributed by atoms with E-state index in [9.17, 15) is 14.7 Å². The Hall–Kier alpha value is -3.23. The van der Waals surface area contributed by atoms with Crippen molar-refractivity contribution in [2.24, 2.45) is 0 Å². The van der Waals surface area contributed by atoms with E-state index >= 15 is 0 Å². The molecule has 1 saturated heterocycles. The average molecular weight is 465 g/mol. The Morgan fingerprint density at radius 3 is 2.67 bits per heavy atom. The standard InChI is InChI=1S/C25H24N2O5S/c1-25(2)21(27-9-11-31-12-10-27)14-19(32-25)22-16-8-7-15(13-18(16)26-23(22)28)33-20-6-4-3-5-17(20)24(29)30/h3-8,13-14H,9-12H2,1-2H3,(H,26,28)(H,29,30). The summed E-state index contributed by atoms with van der Waals surface area (Å²) < 4.78 is 11.7. The van der Waals surface area contributed by atoms with E-state index in [-0.39, 0.29) is 11.5 Å². The summed E-state index contributed by atoms with van der Waals surface area (Å²) in [6, 6.07) is 12.5. The van der Waals surface area contributed by atoms with E-state index in [2.05, 4.69) is 10.2 Å². The number of allylic oxidation sites excluding steroid dienone is 1. The summed E-state index contributed by atoms with van der Waals surface area (Å²) in [6.07, 6.45) is 1.97. The Kier molecular flexibility index (Phi) is 5.42. The van der Waals surface area contributed by atoms with Crippen LogP contribution in [0, 0.1) is 0 Å². The molecular formula is C25H24N2O5S. The first-order valence-corrected chi connectivity index (χ1v) is 11.6. The molecule has 3 aliphatic heterocycles. The molecule has 33 heavy (non-hydrogen) atoms. The molecule has 170 valence electrons. The zero-order valence-electron chi connectivity index (χ0n) is 18.4. The fraction of sp³-hybridized carbons (Fsp3) is 0.280. The first-order valence-electron chi connectivity index (χ1n) is 10.8. The van der Waals surface area contributed by atoms with Crippen LogP contribution >= 0.6 is 11.8 Å². The summed E-state index contributed by atoms with van der Waals surface area (Å²) >= 11 is 1.35. The first-order chi connectivity index (χ1) is 15.8. The molecule has 0 radical (unpaired) electrons. The normalized spacial score (nSPS) is 21.3. The van der Waals surface area contributed by atoms with Crippen LogP contribution in [0.4, 0.5) is 5.69 Å². The third-order valence-corrected chi connectivity index (χ3v) is 6.99. The van der Waals surface area contributed by atoms with Crippen LogP contribution in [-0.2, 0) is 14.3 Å². The third kappa shape index (κ3) is 4.00. The number of hydrogen-bond donors (Lipinski definition) is 2. The number of aromatic carboxylic acids is 1. The molecule has 0 atom stereocenters. The zero-order valence-corrected chi connectivity index (χ0v) is 19.2. The second-order valence-electron chi connectivity index (χ2n) is 8.55. The van der Waals surface area contributed by atoms with Crippen molar-refractivity contribution in [3.05, 3.63) is 71.1 Å². The number of hydrogen-bond acceptors (Lipinski definition) is 6. The van der Waals surface area contributed by atoms with Crippen molar-refractivity contribution >= 4 is 34.9 Å². The Labute approximate surface area is 196 Å². The van der Waals surface area contributed by atoms with Crippen molar-refractivity contribution in [3.8, 4) is 0 Å². The number of amides is 1. The van der Waals surface area contributed by atoms with Gasteiger partial charge in [-0.25, -0.2) is 4.79 Å². The van der Waals surface area contributed by atoms with Gasteiger partial charge in [0.15, 0.2) is 0 Å². The molecule has 0 saturated carbocycles. The molecule has 0 unspecified atom stereocenters. The largest absolute Gasteiger partial charge is 0.481 e. The van der Waals surface area contributed by atoms with Crippen molar-refractivity contribution in [2.75, 3.05) is 31.6 Å². The van der Waals surface area contributed by atoms with Crippen LogP contribution in [0.15, 0.2) is 69.8 Å². The molecule has 3 aliphatic rings. The van der Waals surface area contributed by atoms with Crippen LogP contribution in [0.3, 0.4) is 0 Å². The summed E-state index contributed by atoms with van der Waals surface area (Å²) in [7, 11) is 0. The molecular weight excluding hydrogens is 440 g/mol. The number of anilines is 1. The summed E-state index contributed by atoms with van der Waals surface area (Å²) in [5.74, 6) is -0.610. The second-order valence-corrected chi connectivity index (χ2v) is 9.66. The highest BCUT2D eigenvalue weighted by molar-refractivity contribution is 7.99. The first kappa shape index (κ1) is 21.6. The van der Waals surface area contributed by atoms with Crippen LogP contribution in [0.5, 0.6) is 0 Å². The molecule has 2 aromatic rings. The molecule has 2 aromatic carbocycles. The summed E-state index contributed by atoms with van der Waals surface area (Å²) in [4.78, 5) is 28.2. The number of carbonyl (C=O) groups is 2.